The van der Waals surface area contributed by atoms with Gasteiger partial charge in [0.25, 0.3) is 5.91 Å². The number of amides is 1. The van der Waals surface area contributed by atoms with Gasteiger partial charge in [0.1, 0.15) is 0 Å². The molecule has 0 saturated heterocycles. The second-order valence-corrected chi connectivity index (χ2v) is 5.98. The highest BCUT2D eigenvalue weighted by Crippen LogP contribution is 2.08. The first-order valence-corrected chi connectivity index (χ1v) is 9.39. The van der Waals surface area contributed by atoms with Crippen molar-refractivity contribution in [3.63, 3.8) is 0 Å². The molecule has 0 bridgehead atoms. The van der Waals surface area contributed by atoms with Gasteiger partial charge in [0.05, 0.1) is 6.54 Å². The van der Waals surface area contributed by atoms with Crippen molar-refractivity contribution in [2.75, 3.05) is 26.2 Å². The Morgan fingerprint density at radius 3 is 2.73 bits per heavy atom. The van der Waals surface area contributed by atoms with Crippen LogP contribution < -0.4 is 16.4 Å². The molecule has 0 aromatic heterocycles. The fourth-order valence-electron chi connectivity index (χ4n) is 1.97. The lowest BCUT2D eigenvalue weighted by Gasteiger charge is -2.08. The van der Waals surface area contributed by atoms with E-state index in [1.165, 1.54) is 12.8 Å². The third-order valence-corrected chi connectivity index (χ3v) is 3.80. The van der Waals surface area contributed by atoms with Gasteiger partial charge in [0.2, 0.25) is 0 Å². The highest BCUT2D eigenvalue weighted by atomic mass is 16.1. The summed E-state index contributed by atoms with van der Waals surface area (Å²) >= 11 is 0. The van der Waals surface area contributed by atoms with E-state index in [1.807, 2.05) is 38.2 Å². The maximum absolute atomic E-state index is 12.2. The van der Waals surface area contributed by atoms with E-state index in [0.717, 1.165) is 24.1 Å². The molecule has 0 spiro atoms. The average molecular weight is 358 g/mol. The third kappa shape index (κ3) is 12.3. The minimum absolute atomic E-state index is 0.153. The van der Waals surface area contributed by atoms with Gasteiger partial charge >= 0.3 is 0 Å². The van der Waals surface area contributed by atoms with Crippen LogP contribution in [-0.4, -0.2) is 32.1 Å². The number of carbonyl (C=O) groups is 1. The van der Waals surface area contributed by atoms with Gasteiger partial charge in [-0.25, -0.2) is 0 Å². The van der Waals surface area contributed by atoms with Crippen molar-refractivity contribution in [1.29, 1.82) is 0 Å². The summed E-state index contributed by atoms with van der Waals surface area (Å²) in [5.74, 6) is 6.01. The molecular weight excluding hydrogens is 322 g/mol. The van der Waals surface area contributed by atoms with Crippen molar-refractivity contribution >= 4 is 5.91 Å². The first kappa shape index (κ1) is 23.9. The van der Waals surface area contributed by atoms with Crippen molar-refractivity contribution in [3.05, 3.63) is 47.6 Å². The Labute approximate surface area is 159 Å². The second kappa shape index (κ2) is 16.4. The van der Waals surface area contributed by atoms with Gasteiger partial charge in [-0.15, -0.1) is 0 Å². The molecule has 0 heterocycles. The number of rotatable bonds is 12. The lowest BCUT2D eigenvalue weighted by atomic mass is 10.1. The molecule has 0 saturated carbocycles. The van der Waals surface area contributed by atoms with Crippen molar-refractivity contribution in [2.24, 2.45) is 5.73 Å². The summed E-state index contributed by atoms with van der Waals surface area (Å²) in [7, 11) is 0. The van der Waals surface area contributed by atoms with Gasteiger partial charge in [-0.05, 0) is 50.9 Å². The highest BCUT2D eigenvalue weighted by molar-refractivity contribution is 5.97. The van der Waals surface area contributed by atoms with Crippen LogP contribution in [0.5, 0.6) is 0 Å². The average Bonchev–Trinajstić information content (AvgIpc) is 2.65. The Balaban J connectivity index is 4.28. The molecule has 0 radical (unpaired) electrons. The number of nitrogens with two attached hydrogens (primary N) is 1. The Morgan fingerprint density at radius 1 is 1.31 bits per heavy atom. The van der Waals surface area contributed by atoms with Gasteiger partial charge in [-0.2, -0.15) is 0 Å². The molecule has 144 valence electrons. The summed E-state index contributed by atoms with van der Waals surface area (Å²) < 4.78 is 0. The molecule has 0 aliphatic carbocycles. The van der Waals surface area contributed by atoms with Gasteiger partial charge < -0.3 is 16.4 Å². The Bertz CT molecular complexity index is 574. The van der Waals surface area contributed by atoms with Crippen LogP contribution in [0, 0.1) is 11.8 Å². The minimum atomic E-state index is -0.153. The lowest BCUT2D eigenvalue weighted by Crippen LogP contribution is -2.26. The number of unbranched alkanes of at least 4 members (excludes halogenated alkanes) is 1. The summed E-state index contributed by atoms with van der Waals surface area (Å²) in [4.78, 5) is 12.2. The van der Waals surface area contributed by atoms with Crippen LogP contribution in [0.4, 0.5) is 0 Å². The number of carbonyl (C=O) groups excluding carboxylic acids is 1. The second-order valence-electron chi connectivity index (χ2n) is 5.98. The molecule has 0 unspecified atom stereocenters. The Hall–Kier alpha value is -2.09. The third-order valence-electron chi connectivity index (χ3n) is 3.80. The van der Waals surface area contributed by atoms with E-state index < -0.39 is 0 Å². The Kier molecular flexibility index (Phi) is 15.1. The summed E-state index contributed by atoms with van der Waals surface area (Å²) in [6, 6.07) is 0. The highest BCUT2D eigenvalue weighted by Gasteiger charge is 2.08. The van der Waals surface area contributed by atoms with Crippen LogP contribution >= 0.6 is 0 Å². The fourth-order valence-corrected chi connectivity index (χ4v) is 1.97. The van der Waals surface area contributed by atoms with E-state index >= 15 is 0 Å². The standard InChI is InChI=1S/C22H35N3O/c1-5-7-16-24-17-12-8-9-13-19(3)20(4)22(26)25-18-21(6-2)14-10-11-15-23/h6,10,13-14,24H,4-5,7,9,11,15-18,23H2,1-3H3,(H,25,26)/b14-10-,19-13+,21-6+. The Morgan fingerprint density at radius 2 is 2.08 bits per heavy atom. The summed E-state index contributed by atoms with van der Waals surface area (Å²) in [6.07, 6.45) is 11.7. The van der Waals surface area contributed by atoms with Gasteiger partial charge in [-0.3, -0.25) is 4.79 Å². The van der Waals surface area contributed by atoms with E-state index in [9.17, 15) is 4.79 Å². The molecule has 0 fully saturated rings. The first-order valence-electron chi connectivity index (χ1n) is 9.39. The van der Waals surface area contributed by atoms with Crippen LogP contribution in [0.25, 0.3) is 0 Å². The van der Waals surface area contributed by atoms with Crippen molar-refractivity contribution in [2.45, 2.75) is 46.5 Å². The molecule has 4 heteroatoms. The van der Waals surface area contributed by atoms with Crippen LogP contribution in [0.15, 0.2) is 47.6 Å². The van der Waals surface area contributed by atoms with Crippen LogP contribution in [-0.2, 0) is 4.79 Å². The maximum Gasteiger partial charge on any atom is 0.251 e. The van der Waals surface area contributed by atoms with E-state index in [1.54, 1.807) is 0 Å². The summed E-state index contributed by atoms with van der Waals surface area (Å²) in [6.45, 7) is 12.7. The number of hydrogen-bond donors (Lipinski definition) is 3. The quantitative estimate of drug-likeness (QED) is 0.217. The topological polar surface area (TPSA) is 67.2 Å². The van der Waals surface area contributed by atoms with Crippen LogP contribution in [0.1, 0.15) is 46.5 Å². The molecule has 1 amide bonds. The number of nitrogens with one attached hydrogen (secondary N) is 2. The monoisotopic (exact) mass is 357 g/mol. The lowest BCUT2D eigenvalue weighted by molar-refractivity contribution is -0.117. The van der Waals surface area contributed by atoms with Crippen molar-refractivity contribution < 1.29 is 4.79 Å². The molecule has 4 nitrogen and oxygen atoms in total. The zero-order valence-corrected chi connectivity index (χ0v) is 16.7. The molecule has 26 heavy (non-hydrogen) atoms. The van der Waals surface area contributed by atoms with E-state index in [2.05, 4.69) is 36.0 Å². The molecular formula is C22H35N3O. The maximum atomic E-state index is 12.2. The predicted octanol–water partition coefficient (Wildman–Crippen LogP) is 3.24. The summed E-state index contributed by atoms with van der Waals surface area (Å²) in [5.41, 5.74) is 7.85. The predicted molar refractivity (Wildman–Crippen MR) is 113 cm³/mol. The zero-order valence-electron chi connectivity index (χ0n) is 16.7. The molecule has 0 atom stereocenters. The van der Waals surface area contributed by atoms with Crippen LogP contribution in [0.3, 0.4) is 0 Å². The van der Waals surface area contributed by atoms with Crippen LogP contribution in [0.2, 0.25) is 0 Å². The molecule has 0 aliphatic rings. The van der Waals surface area contributed by atoms with Gasteiger partial charge in [0.15, 0.2) is 0 Å². The smallest absolute Gasteiger partial charge is 0.251 e. The number of allylic oxidation sites excluding steroid dienone is 2. The SMILES string of the molecule is C=C(C(=O)NCC(/C=C\CCN)=C/C)/C(C)=C/CC#CCNCCCC. The minimum Gasteiger partial charge on any atom is -0.348 e. The summed E-state index contributed by atoms with van der Waals surface area (Å²) in [5, 5.41) is 6.17. The molecule has 4 N–H and O–H groups in total. The van der Waals surface area contributed by atoms with Crippen molar-refractivity contribution in [3.8, 4) is 11.8 Å². The molecule has 0 rings (SSSR count). The number of hydrogen-bond acceptors (Lipinski definition) is 3. The normalized spacial score (nSPS) is 12.0. The molecule has 0 aliphatic heterocycles. The largest absolute Gasteiger partial charge is 0.348 e. The van der Waals surface area contributed by atoms with Gasteiger partial charge in [0, 0.05) is 18.5 Å². The van der Waals surface area contributed by atoms with E-state index in [4.69, 9.17) is 5.73 Å². The zero-order chi connectivity index (χ0) is 19.6. The molecule has 0 aromatic carbocycles. The fraction of sp³-hybridized carbons (Fsp3) is 0.500. The van der Waals surface area contributed by atoms with E-state index in [0.29, 0.717) is 31.6 Å². The first-order chi connectivity index (χ1) is 12.6. The van der Waals surface area contributed by atoms with Crippen molar-refractivity contribution in [1.82, 2.24) is 10.6 Å². The molecule has 0 aromatic rings. The van der Waals surface area contributed by atoms with E-state index in [-0.39, 0.29) is 5.91 Å². The van der Waals surface area contributed by atoms with Gasteiger partial charge in [-0.1, -0.05) is 56.1 Å².